The average molecular weight is 363 g/mol. The summed E-state index contributed by atoms with van der Waals surface area (Å²) < 4.78 is 0. The molecule has 2 heterocycles. The number of nitrogens with zero attached hydrogens (tertiary/aromatic N) is 2. The van der Waals surface area contributed by atoms with E-state index in [9.17, 15) is 9.59 Å². The molecule has 1 N–H and O–H groups in total. The molecule has 6 heteroatoms. The number of likely N-dealkylation sites (tertiary alicyclic amines) is 1. The van der Waals surface area contributed by atoms with Gasteiger partial charge in [0.1, 0.15) is 0 Å². The van der Waals surface area contributed by atoms with E-state index in [2.05, 4.69) is 11.0 Å². The molecule has 5 nitrogen and oxygen atoms in total. The number of rotatable bonds is 3. The van der Waals surface area contributed by atoms with Crippen molar-refractivity contribution in [2.75, 3.05) is 37.7 Å². The molecule has 0 aromatic heterocycles. The van der Waals surface area contributed by atoms with E-state index in [0.717, 1.165) is 62.6 Å². The fraction of sp³-hybridized carbons (Fsp3) is 0.579. The largest absolute Gasteiger partial charge is 0.360 e. The Morgan fingerprint density at radius 3 is 2.28 bits per heavy atom. The maximum Gasteiger partial charge on any atom is 0.237 e. The van der Waals surface area contributed by atoms with Gasteiger partial charge in [-0.3, -0.25) is 9.59 Å². The summed E-state index contributed by atoms with van der Waals surface area (Å²) in [5, 5.41) is 0.753. The van der Waals surface area contributed by atoms with Crippen LogP contribution in [0.4, 0.5) is 5.69 Å². The number of halogens is 1. The van der Waals surface area contributed by atoms with Gasteiger partial charge in [-0.25, -0.2) is 4.90 Å². The van der Waals surface area contributed by atoms with Crippen molar-refractivity contribution in [2.45, 2.75) is 25.7 Å². The number of imide groups is 1. The lowest BCUT2D eigenvalue weighted by Gasteiger charge is -2.35. The molecule has 2 amide bonds. The number of hydrogen-bond acceptors (Lipinski definition) is 3. The van der Waals surface area contributed by atoms with E-state index in [0.29, 0.717) is 6.67 Å². The van der Waals surface area contributed by atoms with Crippen LogP contribution in [-0.2, 0) is 9.59 Å². The molecule has 25 heavy (non-hydrogen) atoms. The van der Waals surface area contributed by atoms with Crippen LogP contribution in [0.25, 0.3) is 0 Å². The summed E-state index contributed by atoms with van der Waals surface area (Å²) in [5.74, 6) is 0.0979. The van der Waals surface area contributed by atoms with Crippen molar-refractivity contribution in [2.24, 2.45) is 11.8 Å². The van der Waals surface area contributed by atoms with E-state index in [1.54, 1.807) is 4.90 Å². The molecule has 1 aromatic carbocycles. The number of piperazine rings is 1. The summed E-state index contributed by atoms with van der Waals surface area (Å²) >= 11 is 6.08. The molecule has 3 aliphatic rings. The fourth-order valence-electron chi connectivity index (χ4n) is 4.52. The average Bonchev–Trinajstić information content (AvgIpc) is 2.88. The van der Waals surface area contributed by atoms with Gasteiger partial charge in [0.25, 0.3) is 0 Å². The van der Waals surface area contributed by atoms with Gasteiger partial charge in [0.15, 0.2) is 6.67 Å². The van der Waals surface area contributed by atoms with Gasteiger partial charge in [-0.1, -0.05) is 30.5 Å². The number of hydrogen-bond donors (Lipinski definition) is 1. The highest BCUT2D eigenvalue weighted by Crippen LogP contribution is 2.37. The maximum atomic E-state index is 12.6. The van der Waals surface area contributed by atoms with Crippen molar-refractivity contribution in [3.05, 3.63) is 29.3 Å². The zero-order chi connectivity index (χ0) is 17.4. The first-order chi connectivity index (χ1) is 12.1. The normalized spacial score (nSPS) is 27.7. The zero-order valence-corrected chi connectivity index (χ0v) is 15.2. The predicted molar refractivity (Wildman–Crippen MR) is 96.5 cm³/mol. The van der Waals surface area contributed by atoms with Crippen LogP contribution < -0.4 is 9.80 Å². The van der Waals surface area contributed by atoms with E-state index < -0.39 is 0 Å². The van der Waals surface area contributed by atoms with Gasteiger partial charge in [0, 0.05) is 10.7 Å². The van der Waals surface area contributed by atoms with Crippen LogP contribution in [0.1, 0.15) is 25.7 Å². The van der Waals surface area contributed by atoms with Crippen molar-refractivity contribution < 1.29 is 14.5 Å². The third-order valence-corrected chi connectivity index (χ3v) is 6.19. The summed E-state index contributed by atoms with van der Waals surface area (Å²) in [6.45, 7) is 4.23. The standard InChI is InChI=1S/C19H24ClN3O2/c20-14-4-3-5-15(12-14)22-10-8-21(9-11-22)13-23-18(24)16-6-1-2-7-17(16)19(23)25/h3-5,12,16-17H,1-2,6-11,13H2/p+1/t16-,17+. The van der Waals surface area contributed by atoms with Crippen LogP contribution in [0, 0.1) is 11.8 Å². The van der Waals surface area contributed by atoms with Gasteiger partial charge in [-0.15, -0.1) is 0 Å². The third kappa shape index (κ3) is 3.27. The van der Waals surface area contributed by atoms with E-state index in [4.69, 9.17) is 11.6 Å². The van der Waals surface area contributed by atoms with Crippen molar-refractivity contribution >= 4 is 29.1 Å². The van der Waals surface area contributed by atoms with Gasteiger partial charge in [-0.2, -0.15) is 0 Å². The quantitative estimate of drug-likeness (QED) is 0.821. The number of anilines is 1. The monoisotopic (exact) mass is 362 g/mol. The molecule has 0 unspecified atom stereocenters. The second-order valence-electron chi connectivity index (χ2n) is 7.48. The summed E-state index contributed by atoms with van der Waals surface area (Å²) in [7, 11) is 0. The molecule has 1 aliphatic carbocycles. The topological polar surface area (TPSA) is 45.1 Å². The van der Waals surface area contributed by atoms with Crippen molar-refractivity contribution in [1.29, 1.82) is 0 Å². The highest BCUT2D eigenvalue weighted by atomic mass is 35.5. The van der Waals surface area contributed by atoms with Crippen LogP contribution in [0.3, 0.4) is 0 Å². The third-order valence-electron chi connectivity index (χ3n) is 5.96. The van der Waals surface area contributed by atoms with Crippen LogP contribution in [-0.4, -0.2) is 49.6 Å². The van der Waals surface area contributed by atoms with Crippen LogP contribution in [0.2, 0.25) is 5.02 Å². The molecule has 0 spiro atoms. The molecule has 2 atom stereocenters. The Hall–Kier alpha value is -1.59. The highest BCUT2D eigenvalue weighted by Gasteiger charge is 2.49. The van der Waals surface area contributed by atoms with Crippen LogP contribution >= 0.6 is 11.6 Å². The lowest BCUT2D eigenvalue weighted by atomic mass is 9.81. The Bertz CT molecular complexity index is 648. The first kappa shape index (κ1) is 16.9. The van der Waals surface area contributed by atoms with E-state index in [1.807, 2.05) is 18.2 Å². The molecule has 3 fully saturated rings. The Labute approximate surface area is 153 Å². The van der Waals surface area contributed by atoms with Gasteiger partial charge < -0.3 is 9.80 Å². The van der Waals surface area contributed by atoms with E-state index >= 15 is 0 Å². The molecule has 2 aliphatic heterocycles. The van der Waals surface area contributed by atoms with Crippen molar-refractivity contribution in [3.8, 4) is 0 Å². The molecule has 4 rings (SSSR count). The number of carbonyl (C=O) groups is 2. The van der Waals surface area contributed by atoms with Crippen molar-refractivity contribution in [1.82, 2.24) is 4.90 Å². The van der Waals surface area contributed by atoms with Crippen molar-refractivity contribution in [3.63, 3.8) is 0 Å². The Morgan fingerprint density at radius 2 is 1.68 bits per heavy atom. The zero-order valence-electron chi connectivity index (χ0n) is 14.4. The predicted octanol–water partition coefficient (Wildman–Crippen LogP) is 1.18. The number of amides is 2. The number of carbonyl (C=O) groups excluding carboxylic acids is 2. The van der Waals surface area contributed by atoms with Gasteiger partial charge in [0.05, 0.1) is 38.0 Å². The Kier molecular flexibility index (Phi) is 4.69. The van der Waals surface area contributed by atoms with Crippen LogP contribution in [0.5, 0.6) is 0 Å². The minimum Gasteiger partial charge on any atom is -0.360 e. The lowest BCUT2D eigenvalue weighted by molar-refractivity contribution is -0.908. The molecule has 0 bridgehead atoms. The summed E-state index contributed by atoms with van der Waals surface area (Å²) in [6.07, 6.45) is 3.95. The Balaban J connectivity index is 1.36. The first-order valence-electron chi connectivity index (χ1n) is 9.33. The number of quaternary nitrogens is 1. The summed E-state index contributed by atoms with van der Waals surface area (Å²) in [6, 6.07) is 7.93. The fourth-order valence-corrected chi connectivity index (χ4v) is 4.71. The minimum atomic E-state index is -0.0339. The number of benzene rings is 1. The molecule has 1 saturated carbocycles. The molecule has 0 radical (unpaired) electrons. The van der Waals surface area contributed by atoms with E-state index in [1.165, 1.54) is 4.90 Å². The molecular weight excluding hydrogens is 338 g/mol. The maximum absolute atomic E-state index is 12.6. The number of fused-ring (bicyclic) bond motifs is 1. The lowest BCUT2D eigenvalue weighted by Crippen LogP contribution is -3.16. The molecule has 134 valence electrons. The molecule has 1 aromatic rings. The van der Waals surface area contributed by atoms with Gasteiger partial charge >= 0.3 is 0 Å². The second-order valence-corrected chi connectivity index (χ2v) is 7.91. The minimum absolute atomic E-state index is 0.0339. The SMILES string of the molecule is O=C1[C@H]2CCCC[C@H]2C(=O)N1C[NH+]1CCN(c2cccc(Cl)c2)CC1. The highest BCUT2D eigenvalue weighted by molar-refractivity contribution is 6.30. The van der Waals surface area contributed by atoms with E-state index in [-0.39, 0.29) is 23.7 Å². The van der Waals surface area contributed by atoms with Gasteiger partial charge in [0.2, 0.25) is 11.8 Å². The Morgan fingerprint density at radius 1 is 1.04 bits per heavy atom. The number of nitrogens with one attached hydrogen (secondary N) is 1. The van der Waals surface area contributed by atoms with Gasteiger partial charge in [-0.05, 0) is 31.0 Å². The first-order valence-corrected chi connectivity index (χ1v) is 9.70. The molecule has 2 saturated heterocycles. The summed E-state index contributed by atoms with van der Waals surface area (Å²) in [5.41, 5.74) is 1.14. The molecular formula is C19H25ClN3O2+. The second kappa shape index (κ2) is 6.96. The summed E-state index contributed by atoms with van der Waals surface area (Å²) in [4.78, 5) is 30.4. The smallest absolute Gasteiger partial charge is 0.237 e. The van der Waals surface area contributed by atoms with Crippen LogP contribution in [0.15, 0.2) is 24.3 Å².